The third-order valence-corrected chi connectivity index (χ3v) is 5.71. The molecule has 170 valence electrons. The van der Waals surface area contributed by atoms with Crippen molar-refractivity contribution in [1.29, 1.82) is 0 Å². The average Bonchev–Trinajstić information content (AvgIpc) is 2.81. The molecule has 0 spiro atoms. The fraction of sp³-hybridized carbons (Fsp3) is 0.125. The molecule has 3 aromatic carbocycles. The van der Waals surface area contributed by atoms with Crippen LogP contribution in [0, 0.1) is 0 Å². The van der Waals surface area contributed by atoms with Crippen molar-refractivity contribution < 1.29 is 14.3 Å². The number of benzene rings is 3. The Hall–Kier alpha value is -2.87. The summed E-state index contributed by atoms with van der Waals surface area (Å²) < 4.78 is 6.89. The largest absolute Gasteiger partial charge is 0.488 e. The van der Waals surface area contributed by atoms with E-state index in [0.717, 1.165) is 15.6 Å². The molecule has 0 radical (unpaired) electrons. The van der Waals surface area contributed by atoms with Crippen LogP contribution < -0.4 is 15.5 Å². The fourth-order valence-electron chi connectivity index (χ4n) is 2.72. The first kappa shape index (κ1) is 24.8. The Bertz CT molecular complexity index is 1150. The predicted molar refractivity (Wildman–Crippen MR) is 134 cm³/mol. The van der Waals surface area contributed by atoms with E-state index in [4.69, 9.17) is 27.9 Å². The van der Waals surface area contributed by atoms with E-state index in [9.17, 15) is 9.59 Å². The zero-order valence-corrected chi connectivity index (χ0v) is 20.5. The van der Waals surface area contributed by atoms with E-state index in [2.05, 4.69) is 31.8 Å². The van der Waals surface area contributed by atoms with E-state index in [1.807, 2.05) is 48.5 Å². The Kier molecular flexibility index (Phi) is 9.30. The van der Waals surface area contributed by atoms with Crippen molar-refractivity contribution in [1.82, 2.24) is 10.7 Å². The number of ether oxygens (including phenoxy) is 1. The first-order valence-electron chi connectivity index (χ1n) is 9.94. The molecule has 0 unspecified atom stereocenters. The minimum atomic E-state index is -0.346. The van der Waals surface area contributed by atoms with Crippen molar-refractivity contribution >= 4 is 57.2 Å². The number of nitrogens with zero attached hydrogens (tertiary/aromatic N) is 1. The zero-order valence-electron chi connectivity index (χ0n) is 17.4. The van der Waals surface area contributed by atoms with Crippen LogP contribution in [0.15, 0.2) is 76.3 Å². The van der Waals surface area contributed by atoms with Crippen LogP contribution in [0.25, 0.3) is 0 Å². The average molecular weight is 549 g/mol. The number of rotatable bonds is 9. The highest BCUT2D eigenvalue weighted by Gasteiger charge is 2.09. The first-order valence-corrected chi connectivity index (χ1v) is 11.5. The Balaban J connectivity index is 1.45. The summed E-state index contributed by atoms with van der Waals surface area (Å²) in [6.45, 7) is 0.552. The Morgan fingerprint density at radius 1 is 1.00 bits per heavy atom. The van der Waals surface area contributed by atoms with Gasteiger partial charge in [0.05, 0.1) is 16.3 Å². The molecule has 2 N–H and O–H groups in total. The molecule has 0 saturated heterocycles. The van der Waals surface area contributed by atoms with Crippen molar-refractivity contribution in [2.24, 2.45) is 5.10 Å². The standard InChI is InChI=1S/C24H20BrCl2N3O3/c25-19-8-5-16(6-9-19)15-33-22-4-2-1-3-18(22)14-29-30-23(31)11-12-28-24(32)17-7-10-20(26)21(27)13-17/h1-10,13-14H,11-12,15H2,(H,28,32)(H,30,31). The maximum absolute atomic E-state index is 12.1. The van der Waals surface area contributed by atoms with Gasteiger partial charge in [0, 0.05) is 28.6 Å². The summed E-state index contributed by atoms with van der Waals surface area (Å²) in [6.07, 6.45) is 1.58. The molecule has 0 aliphatic rings. The number of hydrogen-bond acceptors (Lipinski definition) is 4. The van der Waals surface area contributed by atoms with Gasteiger partial charge in [-0.3, -0.25) is 9.59 Å². The summed E-state index contributed by atoms with van der Waals surface area (Å²) in [5.41, 5.74) is 4.57. The summed E-state index contributed by atoms with van der Waals surface area (Å²) in [7, 11) is 0. The van der Waals surface area contributed by atoms with Crippen molar-refractivity contribution in [3.8, 4) is 5.75 Å². The molecule has 6 nitrogen and oxygen atoms in total. The molecule has 0 atom stereocenters. The maximum Gasteiger partial charge on any atom is 0.251 e. The summed E-state index contributed by atoms with van der Waals surface area (Å²) in [5, 5.41) is 7.30. The van der Waals surface area contributed by atoms with Gasteiger partial charge in [-0.1, -0.05) is 63.4 Å². The van der Waals surface area contributed by atoms with Crippen molar-refractivity contribution in [2.45, 2.75) is 13.0 Å². The summed E-state index contributed by atoms with van der Waals surface area (Å²) in [5.74, 6) is -0.0389. The highest BCUT2D eigenvalue weighted by molar-refractivity contribution is 9.10. The summed E-state index contributed by atoms with van der Waals surface area (Å²) >= 11 is 15.2. The second-order valence-corrected chi connectivity index (χ2v) is 8.61. The number of hydrazone groups is 1. The van der Waals surface area contributed by atoms with Crippen molar-refractivity contribution in [3.05, 3.63) is 97.9 Å². The lowest BCUT2D eigenvalue weighted by Gasteiger charge is -2.09. The molecule has 2 amide bonds. The van der Waals surface area contributed by atoms with Crippen molar-refractivity contribution in [2.75, 3.05) is 6.54 Å². The number of carbonyl (C=O) groups is 2. The van der Waals surface area contributed by atoms with Crippen LogP contribution in [0.3, 0.4) is 0 Å². The normalized spacial score (nSPS) is 10.8. The molecule has 0 aliphatic heterocycles. The molecule has 3 aromatic rings. The molecular weight excluding hydrogens is 529 g/mol. The molecule has 3 rings (SSSR count). The molecule has 0 heterocycles. The Labute approximate surface area is 210 Å². The number of hydrogen-bond donors (Lipinski definition) is 2. The molecular formula is C24H20BrCl2N3O3. The highest BCUT2D eigenvalue weighted by atomic mass is 79.9. The van der Waals surface area contributed by atoms with Crippen LogP contribution >= 0.6 is 39.1 Å². The third kappa shape index (κ3) is 7.89. The maximum atomic E-state index is 12.1. The second-order valence-electron chi connectivity index (χ2n) is 6.88. The summed E-state index contributed by atoms with van der Waals surface area (Å²) in [6, 6.07) is 19.8. The van der Waals surface area contributed by atoms with Crippen LogP contribution in [0.2, 0.25) is 10.0 Å². The SMILES string of the molecule is O=C(CCNC(=O)c1ccc(Cl)c(Cl)c1)NN=Cc1ccccc1OCc1ccc(Br)cc1. The zero-order chi connectivity index (χ0) is 23.6. The molecule has 33 heavy (non-hydrogen) atoms. The Morgan fingerprint density at radius 2 is 1.76 bits per heavy atom. The minimum Gasteiger partial charge on any atom is -0.488 e. The topological polar surface area (TPSA) is 79.8 Å². The molecule has 0 aliphatic carbocycles. The van der Waals surface area contributed by atoms with Crippen LogP contribution in [-0.2, 0) is 11.4 Å². The third-order valence-electron chi connectivity index (χ3n) is 4.44. The van der Waals surface area contributed by atoms with Gasteiger partial charge in [-0.05, 0) is 48.0 Å². The van der Waals surface area contributed by atoms with Gasteiger partial charge >= 0.3 is 0 Å². The lowest BCUT2D eigenvalue weighted by atomic mass is 10.2. The van der Waals surface area contributed by atoms with Gasteiger partial charge in [0.1, 0.15) is 12.4 Å². The van der Waals surface area contributed by atoms with Gasteiger partial charge < -0.3 is 10.1 Å². The van der Waals surface area contributed by atoms with E-state index in [1.54, 1.807) is 12.1 Å². The van der Waals surface area contributed by atoms with Crippen molar-refractivity contribution in [3.63, 3.8) is 0 Å². The number of carbonyl (C=O) groups excluding carboxylic acids is 2. The van der Waals surface area contributed by atoms with Gasteiger partial charge in [-0.15, -0.1) is 0 Å². The number of para-hydroxylation sites is 1. The van der Waals surface area contributed by atoms with Gasteiger partial charge in [0.2, 0.25) is 5.91 Å². The molecule has 9 heteroatoms. The van der Waals surface area contributed by atoms with Gasteiger partial charge in [0.15, 0.2) is 0 Å². The fourth-order valence-corrected chi connectivity index (χ4v) is 3.28. The molecule has 0 bridgehead atoms. The van der Waals surface area contributed by atoms with Gasteiger partial charge in [-0.2, -0.15) is 5.10 Å². The van der Waals surface area contributed by atoms with Gasteiger partial charge in [0.25, 0.3) is 5.91 Å². The smallest absolute Gasteiger partial charge is 0.251 e. The van der Waals surface area contributed by atoms with Crippen LogP contribution in [-0.4, -0.2) is 24.6 Å². The van der Waals surface area contributed by atoms with Crippen LogP contribution in [0.4, 0.5) is 0 Å². The predicted octanol–water partition coefficient (Wildman–Crippen LogP) is 5.61. The second kappa shape index (κ2) is 12.4. The van der Waals surface area contributed by atoms with E-state index in [1.165, 1.54) is 12.3 Å². The van der Waals surface area contributed by atoms with Gasteiger partial charge in [-0.25, -0.2) is 5.43 Å². The minimum absolute atomic E-state index is 0.0616. The number of nitrogens with one attached hydrogen (secondary N) is 2. The van der Waals surface area contributed by atoms with E-state index in [0.29, 0.717) is 22.9 Å². The summed E-state index contributed by atoms with van der Waals surface area (Å²) in [4.78, 5) is 24.1. The highest BCUT2D eigenvalue weighted by Crippen LogP contribution is 2.22. The lowest BCUT2D eigenvalue weighted by molar-refractivity contribution is -0.120. The number of amides is 2. The lowest BCUT2D eigenvalue weighted by Crippen LogP contribution is -2.29. The molecule has 0 aromatic heterocycles. The molecule has 0 fully saturated rings. The Morgan fingerprint density at radius 3 is 2.52 bits per heavy atom. The first-order chi connectivity index (χ1) is 15.9. The molecule has 0 saturated carbocycles. The monoisotopic (exact) mass is 547 g/mol. The number of halogens is 3. The van der Waals surface area contributed by atoms with Crippen LogP contribution in [0.5, 0.6) is 5.75 Å². The van der Waals surface area contributed by atoms with E-state index in [-0.39, 0.29) is 29.8 Å². The quantitative estimate of drug-likeness (QED) is 0.269. The van der Waals surface area contributed by atoms with E-state index >= 15 is 0 Å². The van der Waals surface area contributed by atoms with Crippen LogP contribution in [0.1, 0.15) is 27.9 Å². The van der Waals surface area contributed by atoms with E-state index < -0.39 is 0 Å².